The molecule has 1 fully saturated rings. The van der Waals surface area contributed by atoms with Crippen LogP contribution in [0.5, 0.6) is 0 Å². The fraction of sp³-hybridized carbons (Fsp3) is 0.414. The zero-order valence-corrected chi connectivity index (χ0v) is 21.3. The monoisotopic (exact) mass is 481 g/mol. The third-order valence-electron chi connectivity index (χ3n) is 7.66. The molecule has 1 aromatic carbocycles. The van der Waals surface area contributed by atoms with E-state index in [1.807, 2.05) is 18.5 Å². The molecule has 7 nitrogen and oxygen atoms in total. The van der Waals surface area contributed by atoms with Crippen LogP contribution in [0.3, 0.4) is 0 Å². The normalized spacial score (nSPS) is 18.6. The van der Waals surface area contributed by atoms with Crippen molar-refractivity contribution in [2.24, 2.45) is 0 Å². The van der Waals surface area contributed by atoms with Crippen molar-refractivity contribution in [1.29, 1.82) is 0 Å². The Hall–Kier alpha value is -3.29. The zero-order valence-electron chi connectivity index (χ0n) is 21.3. The van der Waals surface area contributed by atoms with Crippen LogP contribution >= 0.6 is 0 Å². The van der Waals surface area contributed by atoms with Gasteiger partial charge in [0.25, 0.3) is 0 Å². The summed E-state index contributed by atoms with van der Waals surface area (Å²) in [7, 11) is 2.20. The zero-order chi connectivity index (χ0) is 24.5. The van der Waals surface area contributed by atoms with Crippen molar-refractivity contribution in [3.8, 4) is 0 Å². The molecule has 36 heavy (non-hydrogen) atoms. The lowest BCUT2D eigenvalue weighted by atomic mass is 9.91. The molecular weight excluding hydrogens is 446 g/mol. The van der Waals surface area contributed by atoms with E-state index in [2.05, 4.69) is 75.7 Å². The Balaban J connectivity index is 1.15. The Labute approximate surface area is 213 Å². The van der Waals surface area contributed by atoms with Gasteiger partial charge in [0.15, 0.2) is 0 Å². The molecule has 1 atom stereocenters. The molecule has 0 unspecified atom stereocenters. The summed E-state index contributed by atoms with van der Waals surface area (Å²) in [5.74, 6) is 0.994. The summed E-state index contributed by atoms with van der Waals surface area (Å²) < 4.78 is 2.17. The van der Waals surface area contributed by atoms with E-state index in [1.165, 1.54) is 28.8 Å². The molecule has 4 heterocycles. The number of pyridine rings is 1. The van der Waals surface area contributed by atoms with Crippen molar-refractivity contribution in [3.05, 3.63) is 89.1 Å². The molecule has 0 saturated carbocycles. The van der Waals surface area contributed by atoms with Crippen molar-refractivity contribution < 1.29 is 0 Å². The van der Waals surface area contributed by atoms with Gasteiger partial charge in [-0.2, -0.15) is 0 Å². The number of hydrogen-bond acceptors (Lipinski definition) is 6. The first-order valence-electron chi connectivity index (χ1n) is 13.1. The molecule has 0 amide bonds. The second-order valence-corrected chi connectivity index (χ2v) is 10.3. The molecule has 7 heteroatoms. The molecule has 4 aromatic rings. The summed E-state index contributed by atoms with van der Waals surface area (Å²) in [6.45, 7) is 7.97. The van der Waals surface area contributed by atoms with Crippen LogP contribution in [-0.4, -0.2) is 62.4 Å². The minimum Gasteiger partial charge on any atom is -0.339 e. The molecule has 0 radical (unpaired) electrons. The second kappa shape index (κ2) is 9.99. The van der Waals surface area contributed by atoms with Crippen LogP contribution in [0.2, 0.25) is 0 Å². The van der Waals surface area contributed by atoms with E-state index in [4.69, 9.17) is 15.0 Å². The highest BCUT2D eigenvalue weighted by atomic mass is 15.3. The lowest BCUT2D eigenvalue weighted by molar-refractivity contribution is 0.206. The smallest absolute Gasteiger partial charge is 0.211 e. The van der Waals surface area contributed by atoms with Gasteiger partial charge in [0.05, 0.1) is 17.4 Å². The van der Waals surface area contributed by atoms with Crippen LogP contribution < -0.4 is 4.90 Å². The van der Waals surface area contributed by atoms with Crippen molar-refractivity contribution in [3.63, 3.8) is 0 Å². The topological polar surface area (TPSA) is 52.8 Å². The maximum atomic E-state index is 4.96. The molecule has 3 aromatic heterocycles. The van der Waals surface area contributed by atoms with E-state index in [0.717, 1.165) is 69.4 Å². The van der Waals surface area contributed by atoms with E-state index in [0.29, 0.717) is 6.04 Å². The van der Waals surface area contributed by atoms with Gasteiger partial charge in [-0.1, -0.05) is 35.9 Å². The summed E-state index contributed by atoms with van der Waals surface area (Å²) in [6.07, 6.45) is 9.49. The first kappa shape index (κ1) is 23.1. The first-order chi connectivity index (χ1) is 17.6. The maximum absolute atomic E-state index is 4.96. The highest BCUT2D eigenvalue weighted by Crippen LogP contribution is 2.32. The van der Waals surface area contributed by atoms with Gasteiger partial charge in [-0.05, 0) is 56.5 Å². The molecule has 0 spiro atoms. The van der Waals surface area contributed by atoms with Gasteiger partial charge in [-0.3, -0.25) is 19.2 Å². The van der Waals surface area contributed by atoms with Gasteiger partial charge >= 0.3 is 0 Å². The largest absolute Gasteiger partial charge is 0.339 e. The van der Waals surface area contributed by atoms with Crippen molar-refractivity contribution >= 4 is 11.6 Å². The van der Waals surface area contributed by atoms with Crippen molar-refractivity contribution in [2.45, 2.75) is 45.3 Å². The minimum absolute atomic E-state index is 0.346. The lowest BCUT2D eigenvalue weighted by Gasteiger charge is -2.35. The molecule has 0 bridgehead atoms. The molecule has 0 N–H and O–H groups in total. The highest BCUT2D eigenvalue weighted by Gasteiger charge is 2.26. The van der Waals surface area contributed by atoms with E-state index in [1.54, 1.807) is 0 Å². The molecule has 1 aliphatic carbocycles. The van der Waals surface area contributed by atoms with Crippen LogP contribution in [0, 0.1) is 6.92 Å². The fourth-order valence-corrected chi connectivity index (χ4v) is 5.82. The van der Waals surface area contributed by atoms with E-state index in [9.17, 15) is 0 Å². The maximum Gasteiger partial charge on any atom is 0.211 e. The predicted molar refractivity (Wildman–Crippen MR) is 143 cm³/mol. The van der Waals surface area contributed by atoms with E-state index >= 15 is 0 Å². The number of aryl methyl sites for hydroxylation is 2. The number of hydrogen-bond donors (Lipinski definition) is 0. The Kier molecular flexibility index (Phi) is 6.42. The summed E-state index contributed by atoms with van der Waals surface area (Å²) in [4.78, 5) is 21.8. The number of aromatic nitrogens is 4. The number of nitrogens with zero attached hydrogens (tertiary/aromatic N) is 7. The fourth-order valence-electron chi connectivity index (χ4n) is 5.82. The van der Waals surface area contributed by atoms with Gasteiger partial charge < -0.3 is 4.90 Å². The molecule has 2 aliphatic rings. The first-order valence-corrected chi connectivity index (χ1v) is 13.1. The predicted octanol–water partition coefficient (Wildman–Crippen LogP) is 4.26. The second-order valence-electron chi connectivity index (χ2n) is 10.3. The van der Waals surface area contributed by atoms with Gasteiger partial charge in [-0.15, -0.1) is 0 Å². The number of rotatable bonds is 6. The molecule has 1 saturated heterocycles. The quantitative estimate of drug-likeness (QED) is 0.410. The summed E-state index contributed by atoms with van der Waals surface area (Å²) in [5, 5.41) is 0. The minimum atomic E-state index is 0.346. The lowest BCUT2D eigenvalue weighted by Crippen LogP contribution is -2.46. The molecule has 186 valence electrons. The standard InChI is InChI=1S/C29H35N7/c1-22-6-3-7-23(18-22)19-34-14-16-35(17-15-34)29-31-13-11-27-32-25(21-36(27)29)20-33(2)26-10-4-8-24-9-5-12-30-28(24)26/h3,5-7,9,11-13,18,21,26H,4,8,10,14-17,19-20H2,1-2H3/t26-/m0/s1. The number of piperazine rings is 1. The average molecular weight is 482 g/mol. The van der Waals surface area contributed by atoms with Crippen molar-refractivity contribution in [1.82, 2.24) is 29.2 Å². The Bertz CT molecular complexity index is 1340. The molecule has 1 aliphatic heterocycles. The van der Waals surface area contributed by atoms with E-state index in [-0.39, 0.29) is 0 Å². The van der Waals surface area contributed by atoms with Gasteiger partial charge in [0.1, 0.15) is 5.65 Å². The number of fused-ring (bicyclic) bond motifs is 2. The van der Waals surface area contributed by atoms with Crippen LogP contribution in [0.1, 0.15) is 47.0 Å². The Morgan fingerprint density at radius 1 is 1.00 bits per heavy atom. The Morgan fingerprint density at radius 2 is 1.89 bits per heavy atom. The van der Waals surface area contributed by atoms with Gasteiger partial charge in [0, 0.05) is 57.9 Å². The SMILES string of the molecule is Cc1cccc(CN2CCN(c3nccc4nc(CN(C)[C@H]5CCCc6cccnc65)cn34)CC2)c1. The van der Waals surface area contributed by atoms with Crippen LogP contribution in [0.25, 0.3) is 5.65 Å². The van der Waals surface area contributed by atoms with Crippen molar-refractivity contribution in [2.75, 3.05) is 38.1 Å². The van der Waals surface area contributed by atoms with Gasteiger partial charge in [-0.25, -0.2) is 9.97 Å². The number of benzene rings is 1. The van der Waals surface area contributed by atoms with Crippen LogP contribution in [0.15, 0.2) is 61.1 Å². The van der Waals surface area contributed by atoms with Crippen LogP contribution in [0.4, 0.5) is 5.95 Å². The third-order valence-corrected chi connectivity index (χ3v) is 7.66. The third kappa shape index (κ3) is 4.73. The van der Waals surface area contributed by atoms with Gasteiger partial charge in [0.2, 0.25) is 5.95 Å². The molecular formula is C29H35N7. The summed E-state index contributed by atoms with van der Waals surface area (Å²) in [5.41, 5.74) is 7.39. The Morgan fingerprint density at radius 3 is 2.75 bits per heavy atom. The van der Waals surface area contributed by atoms with E-state index < -0.39 is 0 Å². The highest BCUT2D eigenvalue weighted by molar-refractivity contribution is 5.48. The summed E-state index contributed by atoms with van der Waals surface area (Å²) >= 11 is 0. The average Bonchev–Trinajstić information content (AvgIpc) is 3.31. The summed E-state index contributed by atoms with van der Waals surface area (Å²) in [6, 6.07) is 15.5. The number of imidazole rings is 1. The molecule has 6 rings (SSSR count). The number of anilines is 1. The van der Waals surface area contributed by atoms with Crippen LogP contribution in [-0.2, 0) is 19.5 Å².